The highest BCUT2D eigenvalue weighted by Crippen LogP contribution is 2.45. The summed E-state index contributed by atoms with van der Waals surface area (Å²) >= 11 is 1.43. The number of esters is 1. The van der Waals surface area contributed by atoms with Gasteiger partial charge in [-0.05, 0) is 61.2 Å². The van der Waals surface area contributed by atoms with Crippen LogP contribution in [0.5, 0.6) is 11.5 Å². The third-order valence-electron chi connectivity index (χ3n) is 5.62. The zero-order valence-corrected chi connectivity index (χ0v) is 20.8. The predicted octanol–water partition coefficient (Wildman–Crippen LogP) is 4.87. The fourth-order valence-electron chi connectivity index (χ4n) is 4.01. The number of benzene rings is 2. The van der Waals surface area contributed by atoms with Gasteiger partial charge in [0.2, 0.25) is 5.91 Å². The highest BCUT2D eigenvalue weighted by molar-refractivity contribution is 8.16. The van der Waals surface area contributed by atoms with Crippen LogP contribution in [0.4, 0.5) is 5.69 Å². The van der Waals surface area contributed by atoms with Crippen molar-refractivity contribution in [2.75, 3.05) is 26.1 Å². The van der Waals surface area contributed by atoms with Gasteiger partial charge in [-0.3, -0.25) is 4.79 Å². The summed E-state index contributed by atoms with van der Waals surface area (Å²) in [5.74, 6) is 0.764. The highest BCUT2D eigenvalue weighted by Gasteiger charge is 2.41. The Morgan fingerprint density at radius 3 is 2.51 bits per heavy atom. The minimum absolute atomic E-state index is 0.105. The molecule has 0 bridgehead atoms. The quantitative estimate of drug-likeness (QED) is 0.525. The normalized spacial score (nSPS) is 16.8. The second kappa shape index (κ2) is 10.7. The average molecular weight is 494 g/mol. The topological polar surface area (TPSA) is 89.5 Å². The highest BCUT2D eigenvalue weighted by atomic mass is 32.2. The molecule has 4 rings (SSSR count). The van der Waals surface area contributed by atoms with Crippen LogP contribution < -0.4 is 14.8 Å². The molecule has 2 aliphatic rings. The van der Waals surface area contributed by atoms with Gasteiger partial charge in [0.1, 0.15) is 11.5 Å². The van der Waals surface area contributed by atoms with Crippen LogP contribution in [0, 0.1) is 0 Å². The van der Waals surface area contributed by atoms with E-state index in [1.165, 1.54) is 11.8 Å². The Hall–Kier alpha value is -3.72. The van der Waals surface area contributed by atoms with E-state index >= 15 is 0 Å². The van der Waals surface area contributed by atoms with Gasteiger partial charge in [0.05, 0.1) is 44.6 Å². The summed E-state index contributed by atoms with van der Waals surface area (Å²) in [6, 6.07) is 14.2. The summed E-state index contributed by atoms with van der Waals surface area (Å²) in [5, 5.41) is 5.52. The monoisotopic (exact) mass is 493 g/mol. The van der Waals surface area contributed by atoms with E-state index in [1.54, 1.807) is 52.3 Å². The van der Waals surface area contributed by atoms with Crippen LogP contribution in [-0.2, 0) is 14.3 Å². The third-order valence-corrected chi connectivity index (χ3v) is 6.51. The molecule has 8 nitrogen and oxygen atoms in total. The molecule has 0 saturated carbocycles. The number of rotatable bonds is 8. The number of hydrogen-bond acceptors (Lipinski definition) is 8. The Bertz CT molecular complexity index is 1220. The molecule has 1 amide bonds. The number of nitrogens with zero attached hydrogens (tertiary/aromatic N) is 2. The summed E-state index contributed by atoms with van der Waals surface area (Å²) in [4.78, 5) is 32.6. The lowest BCUT2D eigenvalue weighted by molar-refractivity contribution is -0.139. The average Bonchev–Trinajstić information content (AvgIpc) is 3.25. The van der Waals surface area contributed by atoms with Crippen LogP contribution in [-0.4, -0.2) is 42.8 Å². The van der Waals surface area contributed by atoms with E-state index in [0.717, 1.165) is 11.3 Å². The van der Waals surface area contributed by atoms with Crippen LogP contribution >= 0.6 is 11.8 Å². The van der Waals surface area contributed by atoms with Crippen LogP contribution in [0.2, 0.25) is 0 Å². The Balaban J connectivity index is 1.64. The molecule has 0 aromatic heterocycles. The molecule has 0 fully saturated rings. The van der Waals surface area contributed by atoms with Crippen molar-refractivity contribution in [3.05, 3.63) is 76.5 Å². The van der Waals surface area contributed by atoms with Gasteiger partial charge in [-0.15, -0.1) is 0 Å². The number of nitrogens with one attached hydrogen (secondary N) is 1. The summed E-state index contributed by atoms with van der Waals surface area (Å²) in [7, 11) is 3.19. The van der Waals surface area contributed by atoms with Crippen LogP contribution in [0.25, 0.3) is 0 Å². The molecular weight excluding hydrogens is 466 g/mol. The summed E-state index contributed by atoms with van der Waals surface area (Å²) in [6.07, 6.45) is 0.105. The first-order valence-electron chi connectivity index (χ1n) is 11.1. The molecule has 2 aromatic carbocycles. The predicted molar refractivity (Wildman–Crippen MR) is 136 cm³/mol. The third kappa shape index (κ3) is 5.19. The van der Waals surface area contributed by atoms with Gasteiger partial charge in [-0.25, -0.2) is 9.79 Å². The Labute approximate surface area is 208 Å². The van der Waals surface area contributed by atoms with Gasteiger partial charge in [0, 0.05) is 11.4 Å². The van der Waals surface area contributed by atoms with Crippen molar-refractivity contribution in [1.29, 1.82) is 0 Å². The van der Waals surface area contributed by atoms with E-state index < -0.39 is 12.0 Å². The molecule has 0 radical (unpaired) electrons. The van der Waals surface area contributed by atoms with E-state index in [-0.39, 0.29) is 18.9 Å². The molecule has 0 spiro atoms. The largest absolute Gasteiger partial charge is 0.497 e. The molecule has 0 saturated heterocycles. The first-order valence-corrected chi connectivity index (χ1v) is 12.0. The number of methoxy groups -OCH3 is 2. The van der Waals surface area contributed by atoms with Crippen molar-refractivity contribution < 1.29 is 23.8 Å². The number of allylic oxidation sites excluding steroid dienone is 1. The summed E-state index contributed by atoms with van der Waals surface area (Å²) in [6.45, 7) is 3.82. The standard InChI is InChI=1S/C26H27N3O5S/c1-5-34-25(31)23-16(2)27-26-29(24(23)17-7-6-8-21(13-17)33-4)19(15-35-26)14-22(30)28-18-9-11-20(32-3)12-10-18/h6-13,15,24H,5,14H2,1-4H3,(H,28,30)/t24-/m1/s1. The molecular formula is C26H27N3O5S. The number of carbonyl (C=O) groups is 2. The maximum Gasteiger partial charge on any atom is 0.338 e. The fraction of sp³-hybridized carbons (Fsp3) is 0.269. The number of amides is 1. The second-order valence-electron chi connectivity index (χ2n) is 7.84. The number of carbonyl (C=O) groups excluding carboxylic acids is 2. The lowest BCUT2D eigenvalue weighted by Crippen LogP contribution is -2.37. The Morgan fingerprint density at radius 2 is 1.83 bits per heavy atom. The van der Waals surface area contributed by atoms with Crippen LogP contribution in [0.1, 0.15) is 31.9 Å². The number of anilines is 1. The molecule has 35 heavy (non-hydrogen) atoms. The van der Waals surface area contributed by atoms with Crippen LogP contribution in [0.15, 0.2) is 75.9 Å². The van der Waals surface area contributed by atoms with Gasteiger partial charge in [0.25, 0.3) is 0 Å². The summed E-state index contributed by atoms with van der Waals surface area (Å²) < 4.78 is 16.0. The smallest absolute Gasteiger partial charge is 0.338 e. The van der Waals surface area contributed by atoms with E-state index in [4.69, 9.17) is 14.2 Å². The molecule has 2 aliphatic heterocycles. The molecule has 2 heterocycles. The van der Waals surface area contributed by atoms with E-state index in [2.05, 4.69) is 10.3 Å². The van der Waals surface area contributed by atoms with Gasteiger partial charge in [-0.2, -0.15) is 0 Å². The molecule has 1 N–H and O–H groups in total. The zero-order valence-electron chi connectivity index (χ0n) is 20.0. The first kappa shape index (κ1) is 24.4. The van der Waals surface area contributed by atoms with Gasteiger partial charge in [-0.1, -0.05) is 23.9 Å². The Morgan fingerprint density at radius 1 is 1.09 bits per heavy atom. The molecule has 2 aromatic rings. The van der Waals surface area contributed by atoms with E-state index in [9.17, 15) is 9.59 Å². The van der Waals surface area contributed by atoms with Gasteiger partial charge in [0.15, 0.2) is 5.17 Å². The lowest BCUT2D eigenvalue weighted by atomic mass is 9.93. The SMILES string of the molecule is CCOC(=O)C1=C(C)N=C2SC=C(CC(=O)Nc3ccc(OC)cc3)N2[C@@H]1c1cccc(OC)c1. The van der Waals surface area contributed by atoms with Crippen molar-refractivity contribution >= 4 is 34.5 Å². The maximum atomic E-state index is 13.0. The Kier molecular flexibility index (Phi) is 7.45. The van der Waals surface area contributed by atoms with Crippen molar-refractivity contribution in [2.45, 2.75) is 26.3 Å². The van der Waals surface area contributed by atoms with Crippen molar-refractivity contribution in [2.24, 2.45) is 4.99 Å². The number of aliphatic imine (C=N–C) groups is 1. The van der Waals surface area contributed by atoms with E-state index in [1.807, 2.05) is 34.6 Å². The fourth-order valence-corrected chi connectivity index (χ4v) is 4.97. The second-order valence-corrected chi connectivity index (χ2v) is 8.68. The van der Waals surface area contributed by atoms with Gasteiger partial charge >= 0.3 is 5.97 Å². The lowest BCUT2D eigenvalue weighted by Gasteiger charge is -2.36. The number of ether oxygens (including phenoxy) is 3. The van der Waals surface area contributed by atoms with E-state index in [0.29, 0.717) is 33.6 Å². The van der Waals surface area contributed by atoms with Gasteiger partial charge < -0.3 is 24.4 Å². The number of amidine groups is 1. The molecule has 0 unspecified atom stereocenters. The molecule has 0 aliphatic carbocycles. The zero-order chi connectivity index (χ0) is 24.9. The molecule has 182 valence electrons. The first-order chi connectivity index (χ1) is 16.9. The van der Waals surface area contributed by atoms with Crippen molar-refractivity contribution in [3.8, 4) is 11.5 Å². The minimum atomic E-state index is -0.508. The molecule has 1 atom stereocenters. The number of fused-ring (bicyclic) bond motifs is 1. The van der Waals surface area contributed by atoms with Crippen molar-refractivity contribution in [1.82, 2.24) is 4.90 Å². The number of hydrogen-bond donors (Lipinski definition) is 1. The van der Waals surface area contributed by atoms with Crippen LogP contribution in [0.3, 0.4) is 0 Å². The minimum Gasteiger partial charge on any atom is -0.497 e. The number of thioether (sulfide) groups is 1. The van der Waals surface area contributed by atoms with Crippen molar-refractivity contribution in [3.63, 3.8) is 0 Å². The molecule has 9 heteroatoms. The summed E-state index contributed by atoms with van der Waals surface area (Å²) in [5.41, 5.74) is 3.27. The maximum absolute atomic E-state index is 13.0.